The van der Waals surface area contributed by atoms with Crippen LogP contribution < -0.4 is 0 Å². The van der Waals surface area contributed by atoms with Gasteiger partial charge in [0, 0.05) is 26.2 Å². The van der Waals surface area contributed by atoms with Crippen LogP contribution in [0.2, 0.25) is 0 Å². The molecule has 0 N–H and O–H groups in total. The lowest BCUT2D eigenvalue weighted by molar-refractivity contribution is -0.133. The van der Waals surface area contributed by atoms with Gasteiger partial charge in [-0.3, -0.25) is 4.79 Å². The van der Waals surface area contributed by atoms with Crippen LogP contribution in [0, 0.1) is 0 Å². The Kier molecular flexibility index (Phi) is 6.64. The van der Waals surface area contributed by atoms with Crippen molar-refractivity contribution in [1.29, 1.82) is 0 Å². The van der Waals surface area contributed by atoms with Gasteiger partial charge in [-0.25, -0.2) is 18.2 Å². The average Bonchev–Trinajstić information content (AvgIpc) is 3.19. The molecule has 1 aliphatic heterocycles. The monoisotopic (exact) mass is 470 g/mol. The maximum atomic E-state index is 13.3. The summed E-state index contributed by atoms with van der Waals surface area (Å²) in [6.07, 6.45) is -0.389. The highest BCUT2D eigenvalue weighted by molar-refractivity contribution is 7.90. The van der Waals surface area contributed by atoms with Crippen molar-refractivity contribution in [2.45, 2.75) is 24.4 Å². The minimum Gasteiger partial charge on any atom is -0.450 e. The molecule has 0 bridgehead atoms. The fraction of sp³-hybridized carbons (Fsp3) is 0.348. The number of aromatic nitrogens is 2. The number of imidazole rings is 1. The molecule has 174 valence electrons. The van der Waals surface area contributed by atoms with Crippen LogP contribution >= 0.6 is 0 Å². The first-order valence-electron chi connectivity index (χ1n) is 10.8. The van der Waals surface area contributed by atoms with Crippen LogP contribution in [0.1, 0.15) is 12.5 Å². The largest absolute Gasteiger partial charge is 0.450 e. The molecule has 1 saturated heterocycles. The maximum Gasteiger partial charge on any atom is 0.409 e. The number of hydrogen-bond acceptors (Lipinski definition) is 6. The summed E-state index contributed by atoms with van der Waals surface area (Å²) in [7, 11) is -3.80. The van der Waals surface area contributed by atoms with Gasteiger partial charge in [-0.1, -0.05) is 42.5 Å². The van der Waals surface area contributed by atoms with Crippen LogP contribution in [0.4, 0.5) is 4.79 Å². The first-order chi connectivity index (χ1) is 15.9. The Balaban J connectivity index is 1.56. The summed E-state index contributed by atoms with van der Waals surface area (Å²) < 4.78 is 33.0. The molecule has 33 heavy (non-hydrogen) atoms. The fourth-order valence-corrected chi connectivity index (χ4v) is 5.39. The molecule has 2 aromatic carbocycles. The van der Waals surface area contributed by atoms with Crippen molar-refractivity contribution in [3.63, 3.8) is 0 Å². The molecule has 0 aliphatic carbocycles. The number of carbonyl (C=O) groups excluding carboxylic acids is 2. The van der Waals surface area contributed by atoms with Crippen LogP contribution in [0.15, 0.2) is 59.8 Å². The molecule has 1 fully saturated rings. The summed E-state index contributed by atoms with van der Waals surface area (Å²) in [5.41, 5.74) is 1.75. The van der Waals surface area contributed by atoms with E-state index in [9.17, 15) is 18.0 Å². The topological polar surface area (TPSA) is 102 Å². The van der Waals surface area contributed by atoms with Crippen LogP contribution in [-0.4, -0.2) is 72.6 Å². The number of sulfone groups is 1. The lowest BCUT2D eigenvalue weighted by Gasteiger charge is -2.34. The summed E-state index contributed by atoms with van der Waals surface area (Å²) in [4.78, 5) is 32.6. The van der Waals surface area contributed by atoms with Crippen molar-refractivity contribution < 1.29 is 22.7 Å². The van der Waals surface area contributed by atoms with Gasteiger partial charge in [0.1, 0.15) is 6.54 Å². The zero-order chi connectivity index (χ0) is 23.4. The lowest BCUT2D eigenvalue weighted by atomic mass is 10.2. The van der Waals surface area contributed by atoms with Gasteiger partial charge in [-0.2, -0.15) is 0 Å². The SMILES string of the molecule is CCOC(=O)N1CCN(C(=O)Cn2c(S(=O)(=O)Cc3ccccc3)nc3ccccc32)CC1. The van der Waals surface area contributed by atoms with Gasteiger partial charge in [0.2, 0.25) is 20.9 Å². The Bertz CT molecular complexity index is 1250. The van der Waals surface area contributed by atoms with E-state index in [1.807, 2.05) is 6.07 Å². The Morgan fingerprint density at radius 1 is 0.939 bits per heavy atom. The molecule has 0 unspecified atom stereocenters. The van der Waals surface area contributed by atoms with Gasteiger partial charge in [-0.05, 0) is 24.6 Å². The molecule has 0 radical (unpaired) electrons. The molecule has 4 rings (SSSR count). The Morgan fingerprint density at radius 3 is 2.27 bits per heavy atom. The number of piperazine rings is 1. The third-order valence-electron chi connectivity index (χ3n) is 5.55. The number of nitrogens with zero attached hydrogens (tertiary/aromatic N) is 4. The number of para-hydroxylation sites is 2. The highest BCUT2D eigenvalue weighted by Gasteiger charge is 2.29. The number of ether oxygens (including phenoxy) is 1. The zero-order valence-electron chi connectivity index (χ0n) is 18.4. The van der Waals surface area contributed by atoms with Crippen molar-refractivity contribution in [2.24, 2.45) is 0 Å². The first-order valence-corrected chi connectivity index (χ1v) is 12.5. The normalized spacial score (nSPS) is 14.5. The quantitative estimate of drug-likeness (QED) is 0.548. The molecule has 0 spiro atoms. The van der Waals surface area contributed by atoms with E-state index in [-0.39, 0.29) is 29.5 Å². The van der Waals surface area contributed by atoms with Gasteiger partial charge in [0.05, 0.1) is 23.4 Å². The molecule has 1 aliphatic rings. The number of amides is 2. The molecule has 1 aromatic heterocycles. The fourth-order valence-electron chi connectivity index (χ4n) is 3.89. The standard InChI is InChI=1S/C23H26N4O5S/c1-2-32-23(29)26-14-12-25(13-15-26)21(28)16-27-20-11-7-6-10-19(20)24-22(27)33(30,31)17-18-8-4-3-5-9-18/h3-11H,2,12-17H2,1H3. The molecule has 0 atom stereocenters. The molecule has 2 heterocycles. The molecular weight excluding hydrogens is 444 g/mol. The molecular formula is C23H26N4O5S. The van der Waals surface area contributed by atoms with Crippen molar-refractivity contribution in [3.05, 3.63) is 60.2 Å². The van der Waals surface area contributed by atoms with Gasteiger partial charge >= 0.3 is 6.09 Å². The smallest absolute Gasteiger partial charge is 0.409 e. The minimum atomic E-state index is -3.80. The predicted molar refractivity (Wildman–Crippen MR) is 122 cm³/mol. The highest BCUT2D eigenvalue weighted by atomic mass is 32.2. The van der Waals surface area contributed by atoms with E-state index in [1.165, 1.54) is 4.57 Å². The second kappa shape index (κ2) is 9.62. The van der Waals surface area contributed by atoms with Crippen molar-refractivity contribution in [1.82, 2.24) is 19.4 Å². The third-order valence-corrected chi connectivity index (χ3v) is 7.13. The molecule has 3 aromatic rings. The first kappa shape index (κ1) is 22.8. The van der Waals surface area contributed by atoms with Crippen molar-refractivity contribution in [3.8, 4) is 0 Å². The van der Waals surface area contributed by atoms with E-state index >= 15 is 0 Å². The van der Waals surface area contributed by atoms with Gasteiger partial charge in [0.25, 0.3) is 0 Å². The summed E-state index contributed by atoms with van der Waals surface area (Å²) in [6.45, 7) is 3.35. The number of carbonyl (C=O) groups is 2. The number of fused-ring (bicyclic) bond motifs is 1. The second-order valence-corrected chi connectivity index (χ2v) is 9.66. The minimum absolute atomic E-state index is 0.119. The summed E-state index contributed by atoms with van der Waals surface area (Å²) in [6, 6.07) is 16.0. The van der Waals surface area contributed by atoms with E-state index in [4.69, 9.17) is 4.74 Å². The summed E-state index contributed by atoms with van der Waals surface area (Å²) in [5, 5.41) is -0.119. The Morgan fingerprint density at radius 2 is 1.58 bits per heavy atom. The van der Waals surface area contributed by atoms with Gasteiger partial charge in [-0.15, -0.1) is 0 Å². The highest BCUT2D eigenvalue weighted by Crippen LogP contribution is 2.23. The van der Waals surface area contributed by atoms with Gasteiger partial charge < -0.3 is 19.1 Å². The zero-order valence-corrected chi connectivity index (χ0v) is 19.2. The van der Waals surface area contributed by atoms with Crippen LogP contribution in [0.25, 0.3) is 11.0 Å². The van der Waals surface area contributed by atoms with E-state index in [1.54, 1.807) is 65.3 Å². The van der Waals surface area contributed by atoms with Crippen molar-refractivity contribution >= 4 is 32.9 Å². The number of hydrogen-bond donors (Lipinski definition) is 0. The average molecular weight is 471 g/mol. The Labute approximate surface area is 192 Å². The number of benzene rings is 2. The van der Waals surface area contributed by atoms with Crippen molar-refractivity contribution in [2.75, 3.05) is 32.8 Å². The van der Waals surface area contributed by atoms with Crippen LogP contribution in [-0.2, 0) is 31.7 Å². The summed E-state index contributed by atoms with van der Waals surface area (Å²) >= 11 is 0. The van der Waals surface area contributed by atoms with E-state index < -0.39 is 9.84 Å². The van der Waals surface area contributed by atoms with E-state index in [0.717, 1.165) is 0 Å². The summed E-state index contributed by atoms with van der Waals surface area (Å²) in [5.74, 6) is -0.429. The third kappa shape index (κ3) is 5.00. The maximum absolute atomic E-state index is 13.3. The molecule has 0 saturated carbocycles. The van der Waals surface area contributed by atoms with E-state index in [0.29, 0.717) is 49.4 Å². The van der Waals surface area contributed by atoms with E-state index in [2.05, 4.69) is 4.98 Å². The van der Waals surface area contributed by atoms with Crippen LogP contribution in [0.3, 0.4) is 0 Å². The molecule has 10 heteroatoms. The Hall–Kier alpha value is -3.40. The predicted octanol–water partition coefficient (Wildman–Crippen LogP) is 2.31. The second-order valence-electron chi connectivity index (χ2n) is 7.78. The number of rotatable bonds is 6. The molecule has 9 nitrogen and oxygen atoms in total. The lowest BCUT2D eigenvalue weighted by Crippen LogP contribution is -2.51. The van der Waals surface area contributed by atoms with Crippen LogP contribution in [0.5, 0.6) is 0 Å². The van der Waals surface area contributed by atoms with Gasteiger partial charge in [0.15, 0.2) is 0 Å². The molecule has 2 amide bonds.